The van der Waals surface area contributed by atoms with E-state index >= 15 is 0 Å². The highest BCUT2D eigenvalue weighted by Crippen LogP contribution is 2.27. The second kappa shape index (κ2) is 5.44. The Kier molecular flexibility index (Phi) is 3.96. The summed E-state index contributed by atoms with van der Waals surface area (Å²) in [6.07, 6.45) is -1.41. The molecular formula is C9H7NO6. The molecule has 16 heavy (non-hydrogen) atoms. The zero-order valence-electron chi connectivity index (χ0n) is 7.94. The summed E-state index contributed by atoms with van der Waals surface area (Å²) in [7, 11) is 0. The molecule has 0 aliphatic heterocycles. The number of nitro benzene ring substituents is 1. The molecule has 0 bridgehead atoms. The second-order valence-corrected chi connectivity index (χ2v) is 2.61. The Morgan fingerprint density at radius 3 is 2.25 bits per heavy atom. The van der Waals surface area contributed by atoms with Crippen LogP contribution in [0, 0.1) is 10.1 Å². The highest BCUT2D eigenvalue weighted by atomic mass is 16.7. The first kappa shape index (κ1) is 11.6. The number of ether oxygens (including phenoxy) is 2. The van der Waals surface area contributed by atoms with Crippen LogP contribution in [-0.2, 0) is 19.1 Å². The van der Waals surface area contributed by atoms with E-state index in [2.05, 4.69) is 9.47 Å². The average molecular weight is 225 g/mol. The minimum Gasteiger partial charge on any atom is -0.423 e. The number of hydrogen-bond donors (Lipinski definition) is 0. The molecule has 0 N–H and O–H groups in total. The van der Waals surface area contributed by atoms with Gasteiger partial charge in [-0.05, 0) is 6.07 Å². The molecule has 1 aromatic carbocycles. The van der Waals surface area contributed by atoms with E-state index in [0.717, 1.165) is 0 Å². The van der Waals surface area contributed by atoms with E-state index < -0.39 is 11.2 Å². The predicted octanol–water partition coefficient (Wildman–Crippen LogP) is 0.939. The topological polar surface area (TPSA) is 95.7 Å². The van der Waals surface area contributed by atoms with Gasteiger partial charge < -0.3 is 9.47 Å². The molecule has 0 saturated carbocycles. The van der Waals surface area contributed by atoms with Crippen LogP contribution in [0.15, 0.2) is 24.3 Å². The fourth-order valence-corrected chi connectivity index (χ4v) is 1.13. The van der Waals surface area contributed by atoms with E-state index in [1.54, 1.807) is 0 Å². The molecule has 0 amide bonds. The van der Waals surface area contributed by atoms with Gasteiger partial charge in [0.2, 0.25) is 0 Å². The number of carbonyl (C=O) groups is 2. The predicted molar refractivity (Wildman–Crippen MR) is 50.1 cm³/mol. The molecule has 0 spiro atoms. The molecule has 7 heteroatoms. The normalized spacial score (nSPS) is 9.56. The summed E-state index contributed by atoms with van der Waals surface area (Å²) in [5.41, 5.74) is -0.303. The van der Waals surface area contributed by atoms with Gasteiger partial charge in [-0.15, -0.1) is 0 Å². The zero-order valence-corrected chi connectivity index (χ0v) is 7.94. The Labute approximate surface area is 89.7 Å². The number of rotatable bonds is 6. The van der Waals surface area contributed by atoms with Gasteiger partial charge in [0.25, 0.3) is 24.9 Å². The quantitative estimate of drug-likeness (QED) is 0.309. The van der Waals surface area contributed by atoms with Crippen LogP contribution < -0.4 is 0 Å². The van der Waals surface area contributed by atoms with E-state index in [0.29, 0.717) is 0 Å². The number of hydrogen-bond acceptors (Lipinski definition) is 6. The third kappa shape index (κ3) is 2.53. The minimum absolute atomic E-state index is 0.00769. The molecule has 0 radical (unpaired) electrons. The number of nitro groups is 1. The van der Waals surface area contributed by atoms with E-state index in [1.807, 2.05) is 0 Å². The molecule has 0 saturated heterocycles. The van der Waals surface area contributed by atoms with Crippen LogP contribution >= 0.6 is 0 Å². The van der Waals surface area contributed by atoms with Crippen molar-refractivity contribution < 1.29 is 24.0 Å². The van der Waals surface area contributed by atoms with Gasteiger partial charge in [0.1, 0.15) is 5.56 Å². The van der Waals surface area contributed by atoms with Gasteiger partial charge in [-0.1, -0.05) is 12.1 Å². The van der Waals surface area contributed by atoms with E-state index in [4.69, 9.17) is 0 Å². The molecule has 0 atom stereocenters. The summed E-state index contributed by atoms with van der Waals surface area (Å²) in [4.78, 5) is 30.3. The number of nitrogens with zero attached hydrogens (tertiary/aromatic N) is 1. The van der Waals surface area contributed by atoms with Crippen LogP contribution in [0.25, 0.3) is 0 Å². The Bertz CT molecular complexity index is 395. The maximum absolute atomic E-state index is 10.7. The smallest absolute Gasteiger partial charge is 0.296 e. The lowest BCUT2D eigenvalue weighted by Gasteiger charge is -2.12. The van der Waals surface area contributed by atoms with Crippen molar-refractivity contribution in [3.63, 3.8) is 0 Å². The van der Waals surface area contributed by atoms with Crippen LogP contribution in [-0.4, -0.2) is 17.9 Å². The first-order chi connectivity index (χ1) is 7.70. The van der Waals surface area contributed by atoms with Crippen LogP contribution in [0.1, 0.15) is 11.9 Å². The van der Waals surface area contributed by atoms with Crippen molar-refractivity contribution in [2.75, 3.05) is 0 Å². The van der Waals surface area contributed by atoms with Crippen molar-refractivity contribution in [3.8, 4) is 0 Å². The summed E-state index contributed by atoms with van der Waals surface area (Å²) in [5, 5.41) is 10.7. The molecule has 1 rings (SSSR count). The van der Waals surface area contributed by atoms with Crippen molar-refractivity contribution in [3.05, 3.63) is 39.9 Å². The third-order valence-electron chi connectivity index (χ3n) is 1.75. The molecule has 7 nitrogen and oxygen atoms in total. The number of benzene rings is 1. The molecule has 0 fully saturated rings. The Hall–Kier alpha value is -2.44. The van der Waals surface area contributed by atoms with E-state index in [9.17, 15) is 19.7 Å². The molecule has 0 unspecified atom stereocenters. The second-order valence-electron chi connectivity index (χ2n) is 2.61. The summed E-state index contributed by atoms with van der Waals surface area (Å²) in [5.74, 6) is 0. The van der Waals surface area contributed by atoms with Gasteiger partial charge in [0.15, 0.2) is 0 Å². The lowest BCUT2D eigenvalue weighted by atomic mass is 10.2. The average Bonchev–Trinajstić information content (AvgIpc) is 2.29. The Balaban J connectivity index is 3.11. The lowest BCUT2D eigenvalue weighted by molar-refractivity contribution is -0.386. The largest absolute Gasteiger partial charge is 0.423 e. The first-order valence-electron chi connectivity index (χ1n) is 4.12. The zero-order chi connectivity index (χ0) is 12.0. The SMILES string of the molecule is O=COC(OC=O)c1ccccc1[N+](=O)[O-]. The van der Waals surface area contributed by atoms with Crippen molar-refractivity contribution in [1.82, 2.24) is 0 Å². The van der Waals surface area contributed by atoms with Gasteiger partial charge in [-0.3, -0.25) is 19.7 Å². The van der Waals surface area contributed by atoms with Gasteiger partial charge in [-0.2, -0.15) is 0 Å². The summed E-state index contributed by atoms with van der Waals surface area (Å²) < 4.78 is 8.84. The fraction of sp³-hybridized carbons (Fsp3) is 0.111. The van der Waals surface area contributed by atoms with Gasteiger partial charge in [0, 0.05) is 6.07 Å². The Morgan fingerprint density at radius 2 is 1.75 bits per heavy atom. The van der Waals surface area contributed by atoms with Crippen molar-refractivity contribution in [1.29, 1.82) is 0 Å². The highest BCUT2D eigenvalue weighted by molar-refractivity contribution is 5.46. The van der Waals surface area contributed by atoms with Gasteiger partial charge in [0.05, 0.1) is 4.92 Å². The van der Waals surface area contributed by atoms with Crippen LogP contribution in [0.5, 0.6) is 0 Å². The van der Waals surface area contributed by atoms with Crippen LogP contribution in [0.4, 0.5) is 5.69 Å². The van der Waals surface area contributed by atoms with Crippen molar-refractivity contribution in [2.24, 2.45) is 0 Å². The molecule has 0 aliphatic carbocycles. The number of carbonyl (C=O) groups excluding carboxylic acids is 2. The molecule has 0 aliphatic rings. The fourth-order valence-electron chi connectivity index (χ4n) is 1.13. The molecular weight excluding hydrogens is 218 g/mol. The minimum atomic E-state index is -1.41. The van der Waals surface area contributed by atoms with Crippen LogP contribution in [0.3, 0.4) is 0 Å². The first-order valence-corrected chi connectivity index (χ1v) is 4.12. The Morgan fingerprint density at radius 1 is 1.19 bits per heavy atom. The van der Waals surface area contributed by atoms with Crippen LogP contribution in [0.2, 0.25) is 0 Å². The summed E-state index contributed by atoms with van der Waals surface area (Å²) in [6, 6.07) is 5.48. The molecule has 1 aromatic rings. The third-order valence-corrected chi connectivity index (χ3v) is 1.75. The van der Waals surface area contributed by atoms with Crippen molar-refractivity contribution >= 4 is 18.6 Å². The monoisotopic (exact) mass is 225 g/mol. The molecule has 84 valence electrons. The lowest BCUT2D eigenvalue weighted by Crippen LogP contribution is -2.09. The van der Waals surface area contributed by atoms with E-state index in [-0.39, 0.29) is 24.2 Å². The standard InChI is InChI=1S/C9H7NO6/c11-5-15-9(16-6-12)7-3-1-2-4-8(7)10(13)14/h1-6,9H. The molecule has 0 heterocycles. The van der Waals surface area contributed by atoms with Gasteiger partial charge in [-0.25, -0.2) is 0 Å². The maximum atomic E-state index is 10.7. The van der Waals surface area contributed by atoms with Gasteiger partial charge >= 0.3 is 0 Å². The summed E-state index contributed by atoms with van der Waals surface area (Å²) in [6.45, 7) is 0.0930. The van der Waals surface area contributed by atoms with Crippen molar-refractivity contribution in [2.45, 2.75) is 6.29 Å². The maximum Gasteiger partial charge on any atom is 0.296 e. The summed E-state index contributed by atoms with van der Waals surface area (Å²) >= 11 is 0. The van der Waals surface area contributed by atoms with E-state index in [1.165, 1.54) is 24.3 Å². The number of para-hydroxylation sites is 1. The highest BCUT2D eigenvalue weighted by Gasteiger charge is 2.23. The molecule has 0 aromatic heterocycles.